The second-order valence-electron chi connectivity index (χ2n) is 8.14. The number of nitrogens with one attached hydrogen (secondary N) is 2. The van der Waals surface area contributed by atoms with Crippen LogP contribution in [0.1, 0.15) is 31.7 Å². The highest BCUT2D eigenvalue weighted by Gasteiger charge is 2.46. The van der Waals surface area contributed by atoms with Gasteiger partial charge in [0.1, 0.15) is 22.9 Å². The van der Waals surface area contributed by atoms with Crippen molar-refractivity contribution in [2.75, 3.05) is 6.54 Å². The fourth-order valence-electron chi connectivity index (χ4n) is 4.01. The van der Waals surface area contributed by atoms with E-state index in [9.17, 15) is 14.0 Å². The van der Waals surface area contributed by atoms with E-state index in [1.165, 1.54) is 23.5 Å². The van der Waals surface area contributed by atoms with Crippen LogP contribution in [0.2, 0.25) is 0 Å². The largest absolute Gasteiger partial charge is 0.342 e. The number of nitrogens with zero attached hydrogens (tertiary/aromatic N) is 2. The number of amides is 2. The molecule has 4 rings (SSSR count). The van der Waals surface area contributed by atoms with Crippen LogP contribution in [0.15, 0.2) is 29.6 Å². The van der Waals surface area contributed by atoms with E-state index in [1.807, 2.05) is 19.2 Å². The first-order valence-corrected chi connectivity index (χ1v) is 10.8. The number of hydrogen-bond acceptors (Lipinski definition) is 5. The molecule has 2 saturated heterocycles. The van der Waals surface area contributed by atoms with E-state index in [0.717, 1.165) is 16.3 Å². The molecule has 0 bridgehead atoms. The third-order valence-electron chi connectivity index (χ3n) is 5.44. The Morgan fingerprint density at radius 1 is 1.31 bits per heavy atom. The quantitative estimate of drug-likeness (QED) is 0.759. The minimum Gasteiger partial charge on any atom is -0.342 e. The lowest BCUT2D eigenvalue weighted by Gasteiger charge is -2.35. The number of rotatable bonds is 6. The van der Waals surface area contributed by atoms with Crippen molar-refractivity contribution < 1.29 is 14.0 Å². The molecule has 0 spiro atoms. The molecule has 0 saturated carbocycles. The maximum atomic E-state index is 13.1. The minimum absolute atomic E-state index is 0.0282. The third kappa shape index (κ3) is 4.33. The zero-order chi connectivity index (χ0) is 20.5. The van der Waals surface area contributed by atoms with Gasteiger partial charge < -0.3 is 15.5 Å². The third-order valence-corrected chi connectivity index (χ3v) is 6.29. The minimum atomic E-state index is -0.408. The summed E-state index contributed by atoms with van der Waals surface area (Å²) in [5.41, 5.74) is 1.70. The average molecular weight is 417 g/mol. The molecule has 3 atom stereocenters. The van der Waals surface area contributed by atoms with E-state index in [-0.39, 0.29) is 29.7 Å². The molecule has 1 aromatic heterocycles. The normalized spacial score (nSPS) is 24.1. The molecular weight excluding hydrogens is 391 g/mol. The topological polar surface area (TPSA) is 74.3 Å². The van der Waals surface area contributed by atoms with Crippen molar-refractivity contribution in [3.05, 3.63) is 40.5 Å². The van der Waals surface area contributed by atoms with Gasteiger partial charge in [0.25, 0.3) is 0 Å². The maximum absolute atomic E-state index is 13.1. The lowest BCUT2D eigenvalue weighted by Crippen LogP contribution is -2.61. The Morgan fingerprint density at radius 3 is 2.79 bits per heavy atom. The predicted octanol–water partition coefficient (Wildman–Crippen LogP) is 2.55. The fourth-order valence-corrected chi connectivity index (χ4v) is 4.77. The van der Waals surface area contributed by atoms with E-state index in [0.29, 0.717) is 31.8 Å². The van der Waals surface area contributed by atoms with E-state index in [4.69, 9.17) is 0 Å². The van der Waals surface area contributed by atoms with E-state index < -0.39 is 6.04 Å². The Hall–Kier alpha value is -2.32. The molecule has 2 aliphatic heterocycles. The Balaban J connectivity index is 1.35. The van der Waals surface area contributed by atoms with E-state index in [2.05, 4.69) is 15.6 Å². The molecule has 0 unspecified atom stereocenters. The molecule has 6 nitrogen and oxygen atoms in total. The standard InChI is InChI=1S/C21H25FN4O2S/c1-12(2)7-16-21(28)26-10-15(8-18(26)20(27)25-16)23-9-19-24-17(11-29-19)13-3-5-14(22)6-4-13/h3-6,11-12,15-16,18,23H,7-10H2,1-2H3,(H,25,27)/t15-,16-,18-/m0/s1. The molecule has 0 radical (unpaired) electrons. The number of hydrogen-bond donors (Lipinski definition) is 2. The van der Waals surface area contributed by atoms with Crippen molar-refractivity contribution in [3.63, 3.8) is 0 Å². The van der Waals surface area contributed by atoms with Crippen LogP contribution in [0.5, 0.6) is 0 Å². The number of benzene rings is 1. The second kappa shape index (κ2) is 8.20. The first-order valence-electron chi connectivity index (χ1n) is 9.95. The summed E-state index contributed by atoms with van der Waals surface area (Å²) in [4.78, 5) is 31.5. The number of halogens is 1. The van der Waals surface area contributed by atoms with Crippen molar-refractivity contribution in [2.24, 2.45) is 5.92 Å². The predicted molar refractivity (Wildman–Crippen MR) is 110 cm³/mol. The van der Waals surface area contributed by atoms with Gasteiger partial charge in [-0.3, -0.25) is 9.59 Å². The highest BCUT2D eigenvalue weighted by atomic mass is 32.1. The van der Waals surface area contributed by atoms with Gasteiger partial charge in [0.2, 0.25) is 11.8 Å². The van der Waals surface area contributed by atoms with Crippen molar-refractivity contribution >= 4 is 23.2 Å². The molecule has 2 aliphatic rings. The zero-order valence-electron chi connectivity index (χ0n) is 16.5. The smallest absolute Gasteiger partial charge is 0.245 e. The first kappa shape index (κ1) is 20.0. The number of carbonyl (C=O) groups is 2. The van der Waals surface area contributed by atoms with E-state index in [1.54, 1.807) is 17.0 Å². The molecule has 29 heavy (non-hydrogen) atoms. The summed E-state index contributed by atoms with van der Waals surface area (Å²) < 4.78 is 13.1. The highest BCUT2D eigenvalue weighted by molar-refractivity contribution is 7.09. The summed E-state index contributed by atoms with van der Waals surface area (Å²) in [7, 11) is 0. The highest BCUT2D eigenvalue weighted by Crippen LogP contribution is 2.26. The molecule has 154 valence electrons. The lowest BCUT2D eigenvalue weighted by atomic mass is 9.99. The SMILES string of the molecule is CC(C)C[C@@H]1NC(=O)[C@@H]2C[C@H](NCc3nc(-c4ccc(F)cc4)cs3)CN2C1=O. The molecule has 2 N–H and O–H groups in total. The number of piperazine rings is 1. The van der Waals surface area contributed by atoms with Gasteiger partial charge in [-0.05, 0) is 43.0 Å². The zero-order valence-corrected chi connectivity index (χ0v) is 17.3. The molecule has 1 aromatic carbocycles. The van der Waals surface area contributed by atoms with Gasteiger partial charge in [0.15, 0.2) is 0 Å². The molecule has 2 amide bonds. The summed E-state index contributed by atoms with van der Waals surface area (Å²) in [6.45, 7) is 5.21. The second-order valence-corrected chi connectivity index (χ2v) is 9.09. The van der Waals surface area contributed by atoms with Crippen LogP contribution in [0.4, 0.5) is 4.39 Å². The van der Waals surface area contributed by atoms with Crippen LogP contribution in [0.25, 0.3) is 11.3 Å². The van der Waals surface area contributed by atoms with Crippen molar-refractivity contribution in [1.82, 2.24) is 20.5 Å². The lowest BCUT2D eigenvalue weighted by molar-refractivity contribution is -0.147. The van der Waals surface area contributed by atoms with Gasteiger partial charge >= 0.3 is 0 Å². The van der Waals surface area contributed by atoms with Crippen LogP contribution in [-0.4, -0.2) is 46.4 Å². The summed E-state index contributed by atoms with van der Waals surface area (Å²) in [6.07, 6.45) is 1.28. The first-order chi connectivity index (χ1) is 13.9. The van der Waals surface area contributed by atoms with Crippen molar-refractivity contribution in [3.8, 4) is 11.3 Å². The van der Waals surface area contributed by atoms with Crippen LogP contribution in [0.3, 0.4) is 0 Å². The van der Waals surface area contributed by atoms with Gasteiger partial charge in [-0.15, -0.1) is 11.3 Å². The molecular formula is C21H25FN4O2S. The van der Waals surface area contributed by atoms with Crippen molar-refractivity contribution in [2.45, 2.75) is 51.4 Å². The Bertz CT molecular complexity index is 898. The number of aromatic nitrogens is 1. The van der Waals surface area contributed by atoms with E-state index >= 15 is 0 Å². The summed E-state index contributed by atoms with van der Waals surface area (Å²) in [6, 6.07) is 5.56. The molecule has 2 fully saturated rings. The number of carbonyl (C=O) groups excluding carboxylic acids is 2. The summed E-state index contributed by atoms with van der Waals surface area (Å²) >= 11 is 1.54. The van der Waals surface area contributed by atoms with Crippen LogP contribution < -0.4 is 10.6 Å². The molecule has 2 aromatic rings. The molecule has 8 heteroatoms. The van der Waals surface area contributed by atoms with Crippen LogP contribution in [0, 0.1) is 11.7 Å². The van der Waals surface area contributed by atoms with Gasteiger partial charge in [0.05, 0.1) is 5.69 Å². The molecule has 0 aliphatic carbocycles. The summed E-state index contributed by atoms with van der Waals surface area (Å²) in [5, 5.41) is 9.21. The van der Waals surface area contributed by atoms with Crippen molar-refractivity contribution in [1.29, 1.82) is 0 Å². The Kier molecular flexibility index (Phi) is 5.65. The Labute approximate surface area is 173 Å². The maximum Gasteiger partial charge on any atom is 0.245 e. The van der Waals surface area contributed by atoms with Crippen LogP contribution >= 0.6 is 11.3 Å². The average Bonchev–Trinajstić information content (AvgIpc) is 3.32. The van der Waals surface area contributed by atoms with Gasteiger partial charge in [-0.25, -0.2) is 9.37 Å². The van der Waals surface area contributed by atoms with Gasteiger partial charge in [-0.2, -0.15) is 0 Å². The van der Waals surface area contributed by atoms with Crippen LogP contribution in [-0.2, 0) is 16.1 Å². The number of fused-ring (bicyclic) bond motifs is 1. The number of thiazole rings is 1. The van der Waals surface area contributed by atoms with Gasteiger partial charge in [-0.1, -0.05) is 13.8 Å². The molecule has 3 heterocycles. The van der Waals surface area contributed by atoms with Gasteiger partial charge in [0, 0.05) is 30.1 Å². The Morgan fingerprint density at radius 2 is 2.07 bits per heavy atom. The monoisotopic (exact) mass is 416 g/mol. The summed E-state index contributed by atoms with van der Waals surface area (Å²) in [5.74, 6) is 0.0585. The fraction of sp³-hybridized carbons (Fsp3) is 0.476.